The number of anilines is 3. The summed E-state index contributed by atoms with van der Waals surface area (Å²) in [5.41, 5.74) is 1.61. The molecule has 0 spiro atoms. The first-order valence-corrected chi connectivity index (χ1v) is 10.7. The normalized spacial score (nSPS) is 14.8. The molecule has 30 heavy (non-hydrogen) atoms. The molecular weight excluding hydrogens is 399 g/mol. The summed E-state index contributed by atoms with van der Waals surface area (Å²) in [6, 6.07) is 16.6. The Kier molecular flexibility index (Phi) is 4.55. The van der Waals surface area contributed by atoms with Gasteiger partial charge in [-0.15, -0.1) is 11.8 Å². The van der Waals surface area contributed by atoms with Gasteiger partial charge in [-0.25, -0.2) is 9.37 Å². The second-order valence-corrected chi connectivity index (χ2v) is 8.91. The molecule has 5 rings (SSSR count). The third kappa shape index (κ3) is 3.68. The first kappa shape index (κ1) is 18.8. The summed E-state index contributed by atoms with van der Waals surface area (Å²) >= 11 is 1.67. The molecule has 2 aromatic carbocycles. The minimum atomic E-state index is -0.434. The van der Waals surface area contributed by atoms with Crippen LogP contribution in [0.3, 0.4) is 0 Å². The highest BCUT2D eigenvalue weighted by Gasteiger charge is 2.28. The van der Waals surface area contributed by atoms with Gasteiger partial charge in [0.2, 0.25) is 0 Å². The smallest absolute Gasteiger partial charge is 0.167 e. The van der Waals surface area contributed by atoms with E-state index in [0.717, 1.165) is 33.2 Å². The zero-order chi connectivity index (χ0) is 20.7. The van der Waals surface area contributed by atoms with Gasteiger partial charge in [-0.05, 0) is 38.1 Å². The van der Waals surface area contributed by atoms with Gasteiger partial charge in [-0.3, -0.25) is 0 Å². The number of nitrogens with zero attached hydrogens (tertiary/aromatic N) is 1. The Hall–Kier alpha value is -3.19. The van der Waals surface area contributed by atoms with Gasteiger partial charge in [0, 0.05) is 46.2 Å². The van der Waals surface area contributed by atoms with Crippen LogP contribution in [0.2, 0.25) is 0 Å². The van der Waals surface area contributed by atoms with Crippen molar-refractivity contribution >= 4 is 40.0 Å². The number of thioether (sulfide) groups is 1. The topological polar surface area (TPSA) is 62.0 Å². The predicted octanol–water partition coefficient (Wildman–Crippen LogP) is 6.53. The number of hydrogen-bond donors (Lipinski definition) is 3. The van der Waals surface area contributed by atoms with Gasteiger partial charge in [0.25, 0.3) is 0 Å². The molecule has 0 radical (unpaired) electrons. The van der Waals surface area contributed by atoms with Gasteiger partial charge in [0.1, 0.15) is 17.4 Å². The van der Waals surface area contributed by atoms with Crippen LogP contribution in [0.15, 0.2) is 65.7 Å². The molecule has 0 fully saturated rings. The number of para-hydroxylation sites is 1. The highest BCUT2D eigenvalue weighted by atomic mass is 32.2. The van der Waals surface area contributed by atoms with Crippen molar-refractivity contribution in [3.05, 3.63) is 66.6 Å². The Balaban J connectivity index is 1.37. The largest absolute Gasteiger partial charge is 0.453 e. The Morgan fingerprint density at radius 2 is 1.97 bits per heavy atom. The summed E-state index contributed by atoms with van der Waals surface area (Å²) in [6.45, 7) is 4.24. The van der Waals surface area contributed by atoms with Crippen LogP contribution in [0.25, 0.3) is 10.9 Å². The van der Waals surface area contributed by atoms with E-state index in [1.807, 2.05) is 30.3 Å². The maximum Gasteiger partial charge on any atom is 0.167 e. The first-order chi connectivity index (χ1) is 14.5. The molecule has 4 aromatic rings. The molecule has 3 N–H and O–H groups in total. The van der Waals surface area contributed by atoms with Crippen LogP contribution in [0.1, 0.15) is 13.8 Å². The number of rotatable bonds is 4. The highest BCUT2D eigenvalue weighted by Crippen LogP contribution is 2.43. The number of pyridine rings is 1. The zero-order valence-electron chi connectivity index (χ0n) is 16.6. The SMILES string of the molecule is CC1(C)CSc2c(Oc3ccc(Nc4cc5ccccc5[nH]4)cc3F)ccnc2N1. The van der Waals surface area contributed by atoms with Gasteiger partial charge < -0.3 is 20.4 Å². The summed E-state index contributed by atoms with van der Waals surface area (Å²) in [6.07, 6.45) is 1.67. The minimum Gasteiger partial charge on any atom is -0.453 e. The van der Waals surface area contributed by atoms with E-state index in [2.05, 4.69) is 34.4 Å². The van der Waals surface area contributed by atoms with Crippen LogP contribution in [-0.2, 0) is 0 Å². The second kappa shape index (κ2) is 7.25. The maximum absolute atomic E-state index is 14.8. The first-order valence-electron chi connectivity index (χ1n) is 9.69. The minimum absolute atomic E-state index is 0.0511. The Bertz CT molecular complexity index is 1200. The number of fused-ring (bicyclic) bond motifs is 2. The number of aromatic amines is 1. The number of ether oxygens (including phenoxy) is 1. The summed E-state index contributed by atoms with van der Waals surface area (Å²) in [7, 11) is 0. The second-order valence-electron chi connectivity index (χ2n) is 7.93. The van der Waals surface area contributed by atoms with E-state index in [1.54, 1.807) is 36.2 Å². The Morgan fingerprint density at radius 1 is 1.10 bits per heavy atom. The van der Waals surface area contributed by atoms with Crippen LogP contribution in [0, 0.1) is 5.82 Å². The van der Waals surface area contributed by atoms with Crippen LogP contribution < -0.4 is 15.4 Å². The van der Waals surface area contributed by atoms with Crippen molar-refractivity contribution in [3.63, 3.8) is 0 Å². The van der Waals surface area contributed by atoms with Crippen molar-refractivity contribution in [1.82, 2.24) is 9.97 Å². The number of benzene rings is 2. The molecule has 2 aromatic heterocycles. The van der Waals surface area contributed by atoms with Gasteiger partial charge in [-0.1, -0.05) is 18.2 Å². The van der Waals surface area contributed by atoms with Crippen LogP contribution in [0.4, 0.5) is 21.7 Å². The molecule has 0 aliphatic carbocycles. The van der Waals surface area contributed by atoms with E-state index >= 15 is 0 Å². The molecule has 1 aliphatic heterocycles. The lowest BCUT2D eigenvalue weighted by Crippen LogP contribution is -2.36. The quantitative estimate of drug-likeness (QED) is 0.350. The monoisotopic (exact) mass is 420 g/mol. The molecule has 7 heteroatoms. The van der Waals surface area contributed by atoms with E-state index < -0.39 is 5.82 Å². The van der Waals surface area contributed by atoms with Crippen molar-refractivity contribution in [2.24, 2.45) is 0 Å². The van der Waals surface area contributed by atoms with Crippen molar-refractivity contribution in [3.8, 4) is 11.5 Å². The lowest BCUT2D eigenvalue weighted by atomic mass is 10.1. The van der Waals surface area contributed by atoms with Crippen molar-refractivity contribution in [1.29, 1.82) is 0 Å². The van der Waals surface area contributed by atoms with Crippen molar-refractivity contribution in [2.45, 2.75) is 24.3 Å². The maximum atomic E-state index is 14.8. The van der Waals surface area contributed by atoms with Crippen LogP contribution >= 0.6 is 11.8 Å². The third-order valence-electron chi connectivity index (χ3n) is 4.86. The van der Waals surface area contributed by atoms with Gasteiger partial charge >= 0.3 is 0 Å². The molecule has 3 heterocycles. The van der Waals surface area contributed by atoms with E-state index in [9.17, 15) is 4.39 Å². The number of nitrogens with one attached hydrogen (secondary N) is 3. The van der Waals surface area contributed by atoms with E-state index in [4.69, 9.17) is 4.74 Å². The van der Waals surface area contributed by atoms with Crippen LogP contribution in [0.5, 0.6) is 11.5 Å². The fourth-order valence-electron chi connectivity index (χ4n) is 3.42. The summed E-state index contributed by atoms with van der Waals surface area (Å²) in [5, 5.41) is 7.71. The average molecular weight is 421 g/mol. The summed E-state index contributed by atoms with van der Waals surface area (Å²) < 4.78 is 20.7. The average Bonchev–Trinajstić information content (AvgIpc) is 3.11. The van der Waals surface area contributed by atoms with Gasteiger partial charge in [-0.2, -0.15) is 0 Å². The number of aromatic nitrogens is 2. The molecule has 1 aliphatic rings. The molecule has 0 amide bonds. The molecule has 0 saturated heterocycles. The Morgan fingerprint density at radius 3 is 2.80 bits per heavy atom. The van der Waals surface area contributed by atoms with E-state index in [1.165, 1.54) is 6.07 Å². The van der Waals surface area contributed by atoms with Crippen LogP contribution in [-0.4, -0.2) is 21.3 Å². The molecule has 152 valence electrons. The van der Waals surface area contributed by atoms with Gasteiger partial charge in [0.15, 0.2) is 11.6 Å². The molecule has 0 saturated carbocycles. The molecule has 0 unspecified atom stereocenters. The van der Waals surface area contributed by atoms with E-state index in [0.29, 0.717) is 11.4 Å². The number of hydrogen-bond acceptors (Lipinski definition) is 5. The summed E-state index contributed by atoms with van der Waals surface area (Å²) in [5.74, 6) is 2.79. The zero-order valence-corrected chi connectivity index (χ0v) is 17.4. The Labute approximate surface area is 178 Å². The van der Waals surface area contributed by atoms with Gasteiger partial charge in [0.05, 0.1) is 4.90 Å². The standard InChI is InChI=1S/C23H21FN4OS/c1-23(2)13-30-21-19(9-10-25-22(21)28-23)29-18-8-7-15(12-16(18)24)26-20-11-14-5-3-4-6-17(14)27-20/h3-12,26-27H,13H2,1-2H3,(H,25,28). The van der Waals surface area contributed by atoms with Crippen molar-refractivity contribution in [2.75, 3.05) is 16.4 Å². The van der Waals surface area contributed by atoms with Crippen molar-refractivity contribution < 1.29 is 9.13 Å². The molecular formula is C23H21FN4OS. The lowest BCUT2D eigenvalue weighted by Gasteiger charge is -2.32. The fraction of sp³-hybridized carbons (Fsp3) is 0.174. The predicted molar refractivity (Wildman–Crippen MR) is 121 cm³/mol. The van der Waals surface area contributed by atoms with E-state index in [-0.39, 0.29) is 11.3 Å². The molecule has 0 bridgehead atoms. The fourth-order valence-corrected chi connectivity index (χ4v) is 4.49. The highest BCUT2D eigenvalue weighted by molar-refractivity contribution is 7.99. The lowest BCUT2D eigenvalue weighted by molar-refractivity contribution is 0.432. The summed E-state index contributed by atoms with van der Waals surface area (Å²) in [4.78, 5) is 8.58. The molecule has 5 nitrogen and oxygen atoms in total. The molecule has 0 atom stereocenters. The number of halogens is 1. The number of H-pyrrole nitrogens is 1. The third-order valence-corrected chi connectivity index (χ3v) is 6.41.